The monoisotopic (exact) mass is 188 g/mol. The van der Waals surface area contributed by atoms with Crippen molar-refractivity contribution in [3.63, 3.8) is 0 Å². The first-order valence-electron chi connectivity index (χ1n) is 5.33. The maximum Gasteiger partial charge on any atom is 0.0958 e. The molecular formula is C11H24O2. The highest BCUT2D eigenvalue weighted by atomic mass is 16.5. The molecule has 0 atom stereocenters. The molecular weight excluding hydrogens is 164 g/mol. The fourth-order valence-electron chi connectivity index (χ4n) is 2.28. The summed E-state index contributed by atoms with van der Waals surface area (Å²) in [6.07, 6.45) is 3.22. The summed E-state index contributed by atoms with van der Waals surface area (Å²) in [7, 11) is 1.70. The Bertz CT molecular complexity index is 127. The van der Waals surface area contributed by atoms with Crippen LogP contribution < -0.4 is 0 Å². The number of aliphatic hydroxyl groups is 1. The minimum Gasteiger partial charge on any atom is -0.387 e. The van der Waals surface area contributed by atoms with Crippen molar-refractivity contribution >= 4 is 0 Å². The minimum absolute atomic E-state index is 0.365. The van der Waals surface area contributed by atoms with Crippen LogP contribution >= 0.6 is 0 Å². The topological polar surface area (TPSA) is 29.5 Å². The third-order valence-corrected chi connectivity index (χ3v) is 3.55. The maximum absolute atomic E-state index is 10.4. The van der Waals surface area contributed by atoms with Crippen molar-refractivity contribution in [3.05, 3.63) is 0 Å². The Morgan fingerprint density at radius 3 is 1.38 bits per heavy atom. The second-order valence-corrected chi connectivity index (χ2v) is 3.64. The first-order chi connectivity index (χ1) is 6.05. The summed E-state index contributed by atoms with van der Waals surface area (Å²) in [5.74, 6) is 0. The molecule has 0 unspecified atom stereocenters. The van der Waals surface area contributed by atoms with E-state index in [0.29, 0.717) is 0 Å². The molecule has 0 aromatic rings. The van der Waals surface area contributed by atoms with Gasteiger partial charge in [-0.25, -0.2) is 0 Å². The normalized spacial score (nSPS) is 13.4. The highest BCUT2D eigenvalue weighted by molar-refractivity contribution is 4.97. The van der Waals surface area contributed by atoms with Crippen LogP contribution in [-0.4, -0.2) is 23.4 Å². The average Bonchev–Trinajstić information content (AvgIpc) is 2.20. The lowest BCUT2D eigenvalue weighted by Crippen LogP contribution is -2.54. The van der Waals surface area contributed by atoms with Crippen LogP contribution in [-0.2, 0) is 4.74 Å². The fraction of sp³-hybridized carbons (Fsp3) is 1.00. The molecule has 0 aliphatic carbocycles. The Morgan fingerprint density at radius 1 is 0.923 bits per heavy atom. The van der Waals surface area contributed by atoms with Crippen molar-refractivity contribution in [2.24, 2.45) is 0 Å². The molecule has 0 spiro atoms. The van der Waals surface area contributed by atoms with Gasteiger partial charge in [-0.05, 0) is 25.7 Å². The zero-order valence-corrected chi connectivity index (χ0v) is 9.68. The Hall–Kier alpha value is -0.0800. The van der Waals surface area contributed by atoms with Gasteiger partial charge in [0.25, 0.3) is 0 Å². The van der Waals surface area contributed by atoms with Gasteiger partial charge < -0.3 is 9.84 Å². The van der Waals surface area contributed by atoms with E-state index < -0.39 is 5.60 Å². The van der Waals surface area contributed by atoms with Gasteiger partial charge in [-0.1, -0.05) is 27.7 Å². The van der Waals surface area contributed by atoms with E-state index in [1.807, 2.05) is 13.8 Å². The van der Waals surface area contributed by atoms with E-state index in [0.717, 1.165) is 25.7 Å². The molecule has 0 aromatic carbocycles. The average molecular weight is 188 g/mol. The lowest BCUT2D eigenvalue weighted by molar-refractivity contribution is -0.177. The van der Waals surface area contributed by atoms with Crippen molar-refractivity contribution in [1.82, 2.24) is 0 Å². The van der Waals surface area contributed by atoms with Crippen LogP contribution in [0.3, 0.4) is 0 Å². The maximum atomic E-state index is 10.4. The third kappa shape index (κ3) is 2.05. The standard InChI is InChI=1S/C11H24O2/c1-6-10(12,7-2)11(8-3,9-4)13-5/h12H,6-9H2,1-5H3. The summed E-state index contributed by atoms with van der Waals surface area (Å²) in [5, 5.41) is 10.4. The Morgan fingerprint density at radius 2 is 1.31 bits per heavy atom. The molecule has 0 saturated carbocycles. The number of hydrogen-bond acceptors (Lipinski definition) is 2. The fourth-order valence-corrected chi connectivity index (χ4v) is 2.28. The van der Waals surface area contributed by atoms with Gasteiger partial charge in [-0.3, -0.25) is 0 Å². The predicted molar refractivity (Wildman–Crippen MR) is 55.9 cm³/mol. The molecule has 2 nitrogen and oxygen atoms in total. The number of rotatable bonds is 6. The zero-order valence-electron chi connectivity index (χ0n) is 9.68. The van der Waals surface area contributed by atoms with Crippen LogP contribution in [0.15, 0.2) is 0 Å². The highest BCUT2D eigenvalue weighted by Gasteiger charge is 2.45. The highest BCUT2D eigenvalue weighted by Crippen LogP contribution is 2.37. The van der Waals surface area contributed by atoms with E-state index in [2.05, 4.69) is 13.8 Å². The first kappa shape index (κ1) is 12.9. The van der Waals surface area contributed by atoms with Gasteiger partial charge in [-0.2, -0.15) is 0 Å². The number of hydrogen-bond donors (Lipinski definition) is 1. The number of ether oxygens (including phenoxy) is 1. The van der Waals surface area contributed by atoms with Crippen molar-refractivity contribution in [2.75, 3.05) is 7.11 Å². The summed E-state index contributed by atoms with van der Waals surface area (Å²) in [5.41, 5.74) is -1.04. The molecule has 0 heterocycles. The van der Waals surface area contributed by atoms with E-state index in [9.17, 15) is 5.11 Å². The van der Waals surface area contributed by atoms with E-state index in [1.165, 1.54) is 0 Å². The minimum atomic E-state index is -0.675. The molecule has 0 radical (unpaired) electrons. The van der Waals surface area contributed by atoms with Crippen LogP contribution in [0.4, 0.5) is 0 Å². The SMILES string of the molecule is CCC(O)(CC)C(CC)(CC)OC. The van der Waals surface area contributed by atoms with Crippen LogP contribution in [0.5, 0.6) is 0 Å². The lowest BCUT2D eigenvalue weighted by atomic mass is 9.75. The molecule has 0 bridgehead atoms. The van der Waals surface area contributed by atoms with Gasteiger partial charge in [0.05, 0.1) is 11.2 Å². The zero-order chi connectivity index (χ0) is 10.5. The largest absolute Gasteiger partial charge is 0.387 e. The van der Waals surface area contributed by atoms with Crippen LogP contribution in [0, 0.1) is 0 Å². The molecule has 13 heavy (non-hydrogen) atoms. The first-order valence-corrected chi connectivity index (χ1v) is 5.33. The Kier molecular flexibility index (Phi) is 4.93. The van der Waals surface area contributed by atoms with E-state index >= 15 is 0 Å². The van der Waals surface area contributed by atoms with Crippen LogP contribution in [0.1, 0.15) is 53.4 Å². The van der Waals surface area contributed by atoms with E-state index in [1.54, 1.807) is 7.11 Å². The van der Waals surface area contributed by atoms with Crippen LogP contribution in [0.2, 0.25) is 0 Å². The molecule has 0 amide bonds. The molecule has 0 aliphatic rings. The van der Waals surface area contributed by atoms with Gasteiger partial charge in [-0.15, -0.1) is 0 Å². The van der Waals surface area contributed by atoms with Crippen LogP contribution in [0.25, 0.3) is 0 Å². The lowest BCUT2D eigenvalue weighted by Gasteiger charge is -2.45. The molecule has 0 aromatic heterocycles. The smallest absolute Gasteiger partial charge is 0.0958 e. The molecule has 0 aliphatic heterocycles. The Balaban J connectivity index is 4.87. The van der Waals surface area contributed by atoms with Gasteiger partial charge in [0.2, 0.25) is 0 Å². The van der Waals surface area contributed by atoms with Crippen molar-refractivity contribution in [1.29, 1.82) is 0 Å². The third-order valence-electron chi connectivity index (χ3n) is 3.55. The summed E-state index contributed by atoms with van der Waals surface area (Å²) >= 11 is 0. The second-order valence-electron chi connectivity index (χ2n) is 3.64. The quantitative estimate of drug-likeness (QED) is 0.694. The second kappa shape index (κ2) is 4.97. The molecule has 2 heteroatoms. The van der Waals surface area contributed by atoms with E-state index in [4.69, 9.17) is 4.74 Å². The molecule has 80 valence electrons. The van der Waals surface area contributed by atoms with Gasteiger partial charge in [0.1, 0.15) is 0 Å². The van der Waals surface area contributed by atoms with Gasteiger partial charge in [0, 0.05) is 7.11 Å². The number of methoxy groups -OCH3 is 1. The molecule has 0 saturated heterocycles. The van der Waals surface area contributed by atoms with Gasteiger partial charge in [0.15, 0.2) is 0 Å². The molecule has 0 fully saturated rings. The summed E-state index contributed by atoms with van der Waals surface area (Å²) in [4.78, 5) is 0. The van der Waals surface area contributed by atoms with Crippen molar-refractivity contribution in [3.8, 4) is 0 Å². The van der Waals surface area contributed by atoms with Gasteiger partial charge >= 0.3 is 0 Å². The predicted octanol–water partition coefficient (Wildman–Crippen LogP) is 2.74. The summed E-state index contributed by atoms with van der Waals surface area (Å²) < 4.78 is 5.53. The molecule has 1 N–H and O–H groups in total. The van der Waals surface area contributed by atoms with E-state index in [-0.39, 0.29) is 5.60 Å². The summed E-state index contributed by atoms with van der Waals surface area (Å²) in [6, 6.07) is 0. The van der Waals surface area contributed by atoms with Crippen molar-refractivity contribution < 1.29 is 9.84 Å². The summed E-state index contributed by atoms with van der Waals surface area (Å²) in [6.45, 7) is 8.18. The van der Waals surface area contributed by atoms with Crippen molar-refractivity contribution in [2.45, 2.75) is 64.6 Å². The Labute approximate surface area is 82.3 Å². The molecule has 0 rings (SSSR count).